The number of fused-ring (bicyclic) bond motifs is 1. The van der Waals surface area contributed by atoms with Crippen molar-refractivity contribution in [3.63, 3.8) is 0 Å². The highest BCUT2D eigenvalue weighted by Gasteiger charge is 2.30. The third kappa shape index (κ3) is 2.19. The van der Waals surface area contributed by atoms with Gasteiger partial charge in [-0.2, -0.15) is 0 Å². The fourth-order valence-corrected chi connectivity index (χ4v) is 4.04. The zero-order chi connectivity index (χ0) is 11.8. The summed E-state index contributed by atoms with van der Waals surface area (Å²) in [5.74, 6) is 0.548. The van der Waals surface area contributed by atoms with Crippen LogP contribution >= 0.6 is 27.3 Å². The molecule has 2 atom stereocenters. The predicted molar refractivity (Wildman–Crippen MR) is 76.6 cm³/mol. The highest BCUT2D eigenvalue weighted by molar-refractivity contribution is 9.10. The summed E-state index contributed by atoms with van der Waals surface area (Å²) in [5, 5.41) is 2.12. The number of nitrogens with two attached hydrogens (primary N) is 1. The molecule has 2 N–H and O–H groups in total. The van der Waals surface area contributed by atoms with Gasteiger partial charge in [-0.05, 0) is 46.0 Å². The number of rotatable bonds is 3. The Bertz CT molecular complexity index is 535. The van der Waals surface area contributed by atoms with Crippen LogP contribution < -0.4 is 5.73 Å². The Balaban J connectivity index is 1.71. The van der Waals surface area contributed by atoms with Gasteiger partial charge in [0.1, 0.15) is 0 Å². The van der Waals surface area contributed by atoms with Gasteiger partial charge in [0.15, 0.2) is 0 Å². The van der Waals surface area contributed by atoms with Crippen molar-refractivity contribution in [2.24, 2.45) is 5.73 Å². The van der Waals surface area contributed by atoms with Gasteiger partial charge in [-0.15, -0.1) is 11.3 Å². The van der Waals surface area contributed by atoms with E-state index in [0.717, 1.165) is 12.8 Å². The van der Waals surface area contributed by atoms with E-state index in [4.69, 9.17) is 5.73 Å². The Kier molecular flexibility index (Phi) is 3.07. The molecule has 0 fully saturated rings. The first kappa shape index (κ1) is 11.5. The Labute approximate surface area is 114 Å². The van der Waals surface area contributed by atoms with Crippen LogP contribution in [0.4, 0.5) is 0 Å². The summed E-state index contributed by atoms with van der Waals surface area (Å²) in [6, 6.07) is 11.1. The van der Waals surface area contributed by atoms with Gasteiger partial charge in [-0.25, -0.2) is 0 Å². The lowest BCUT2D eigenvalue weighted by Crippen LogP contribution is -2.37. The molecular formula is C14H14BrNS. The Morgan fingerprint density at radius 3 is 2.94 bits per heavy atom. The van der Waals surface area contributed by atoms with Gasteiger partial charge in [-0.1, -0.05) is 24.3 Å². The lowest BCUT2D eigenvalue weighted by Gasteiger charge is -2.34. The predicted octanol–water partition coefficient (Wildman–Crippen LogP) is 3.72. The van der Waals surface area contributed by atoms with E-state index >= 15 is 0 Å². The van der Waals surface area contributed by atoms with Crippen molar-refractivity contribution in [2.45, 2.75) is 24.8 Å². The van der Waals surface area contributed by atoms with Crippen LogP contribution in [0.25, 0.3) is 0 Å². The van der Waals surface area contributed by atoms with E-state index in [2.05, 4.69) is 51.6 Å². The first-order valence-corrected chi connectivity index (χ1v) is 7.47. The molecule has 0 radical (unpaired) electrons. The Hall–Kier alpha value is -0.640. The second-order valence-corrected chi connectivity index (χ2v) is 6.52. The first-order chi connectivity index (χ1) is 8.24. The standard InChI is InChI=1S/C14H14BrNS/c15-10-6-11(17-8-10)7-14(16)13-5-9-3-1-2-4-12(9)13/h1-4,6,8,13-14H,5,7,16H2. The summed E-state index contributed by atoms with van der Waals surface area (Å²) >= 11 is 5.27. The number of hydrogen-bond donors (Lipinski definition) is 1. The van der Waals surface area contributed by atoms with Crippen molar-refractivity contribution in [1.29, 1.82) is 0 Å². The van der Waals surface area contributed by atoms with Crippen LogP contribution in [0, 0.1) is 0 Å². The second-order valence-electron chi connectivity index (χ2n) is 4.61. The number of thiophene rings is 1. The van der Waals surface area contributed by atoms with Gasteiger partial charge in [0.25, 0.3) is 0 Å². The molecule has 2 aromatic rings. The minimum Gasteiger partial charge on any atom is -0.327 e. The maximum atomic E-state index is 6.33. The number of halogens is 1. The van der Waals surface area contributed by atoms with E-state index < -0.39 is 0 Å². The summed E-state index contributed by atoms with van der Waals surface area (Å²) in [7, 11) is 0. The molecule has 1 aliphatic carbocycles. The van der Waals surface area contributed by atoms with Gasteiger partial charge in [-0.3, -0.25) is 0 Å². The molecule has 0 saturated heterocycles. The first-order valence-electron chi connectivity index (χ1n) is 5.80. The van der Waals surface area contributed by atoms with Crippen molar-refractivity contribution in [2.75, 3.05) is 0 Å². The van der Waals surface area contributed by atoms with Gasteiger partial charge < -0.3 is 5.73 Å². The molecule has 17 heavy (non-hydrogen) atoms. The highest BCUT2D eigenvalue weighted by atomic mass is 79.9. The quantitative estimate of drug-likeness (QED) is 0.919. The van der Waals surface area contributed by atoms with Gasteiger partial charge in [0.2, 0.25) is 0 Å². The normalized spacial score (nSPS) is 19.5. The third-order valence-electron chi connectivity index (χ3n) is 3.47. The fraction of sp³-hybridized carbons (Fsp3) is 0.286. The molecule has 0 saturated carbocycles. The molecule has 3 heteroatoms. The van der Waals surface area contributed by atoms with Crippen LogP contribution in [0.3, 0.4) is 0 Å². The van der Waals surface area contributed by atoms with Crippen molar-refractivity contribution in [1.82, 2.24) is 0 Å². The molecule has 0 bridgehead atoms. The van der Waals surface area contributed by atoms with Gasteiger partial charge in [0.05, 0.1) is 0 Å². The molecule has 3 rings (SSSR count). The Morgan fingerprint density at radius 1 is 1.41 bits per heavy atom. The molecule has 88 valence electrons. The topological polar surface area (TPSA) is 26.0 Å². The summed E-state index contributed by atoms with van der Waals surface area (Å²) in [4.78, 5) is 1.37. The van der Waals surface area contributed by atoms with Crippen molar-refractivity contribution in [3.05, 3.63) is 56.2 Å². The third-order valence-corrected chi connectivity index (χ3v) is 5.19. The molecular weight excluding hydrogens is 294 g/mol. The van der Waals surface area contributed by atoms with Crippen LogP contribution in [-0.4, -0.2) is 6.04 Å². The summed E-state index contributed by atoms with van der Waals surface area (Å²) in [6.45, 7) is 0. The van der Waals surface area contributed by atoms with E-state index in [-0.39, 0.29) is 6.04 Å². The zero-order valence-corrected chi connectivity index (χ0v) is 11.8. The fourth-order valence-electron chi connectivity index (χ4n) is 2.52. The minimum atomic E-state index is 0.246. The Morgan fingerprint density at radius 2 is 2.24 bits per heavy atom. The lowest BCUT2D eigenvalue weighted by molar-refractivity contribution is 0.483. The molecule has 1 heterocycles. The van der Waals surface area contributed by atoms with E-state index in [1.54, 1.807) is 11.3 Å². The van der Waals surface area contributed by atoms with Gasteiger partial charge in [0, 0.05) is 26.7 Å². The van der Waals surface area contributed by atoms with Crippen LogP contribution in [0.1, 0.15) is 21.9 Å². The maximum absolute atomic E-state index is 6.33. The minimum absolute atomic E-state index is 0.246. The van der Waals surface area contributed by atoms with Crippen LogP contribution in [0.5, 0.6) is 0 Å². The van der Waals surface area contributed by atoms with E-state index in [9.17, 15) is 0 Å². The average Bonchev–Trinajstić information content (AvgIpc) is 2.66. The molecule has 0 spiro atoms. The van der Waals surface area contributed by atoms with Crippen LogP contribution in [0.2, 0.25) is 0 Å². The number of benzene rings is 1. The maximum Gasteiger partial charge on any atom is 0.0285 e. The monoisotopic (exact) mass is 307 g/mol. The highest BCUT2D eigenvalue weighted by Crippen LogP contribution is 2.38. The van der Waals surface area contributed by atoms with E-state index in [0.29, 0.717) is 5.92 Å². The summed E-state index contributed by atoms with van der Waals surface area (Å²) in [5.41, 5.74) is 9.25. The molecule has 0 amide bonds. The van der Waals surface area contributed by atoms with E-state index in [1.165, 1.54) is 20.5 Å². The molecule has 1 nitrogen and oxygen atoms in total. The van der Waals surface area contributed by atoms with Crippen molar-refractivity contribution in [3.8, 4) is 0 Å². The van der Waals surface area contributed by atoms with E-state index in [1.807, 2.05) is 0 Å². The zero-order valence-electron chi connectivity index (χ0n) is 9.40. The molecule has 0 aliphatic heterocycles. The second kappa shape index (κ2) is 4.56. The summed E-state index contributed by atoms with van der Waals surface area (Å²) in [6.07, 6.45) is 2.12. The van der Waals surface area contributed by atoms with Crippen LogP contribution in [-0.2, 0) is 12.8 Å². The average molecular weight is 308 g/mol. The molecule has 1 aliphatic rings. The SMILES string of the molecule is NC(Cc1cc(Br)cs1)C1Cc2ccccc21. The lowest BCUT2D eigenvalue weighted by atomic mass is 9.73. The summed E-state index contributed by atoms with van der Waals surface area (Å²) < 4.78 is 1.17. The van der Waals surface area contributed by atoms with Crippen molar-refractivity contribution < 1.29 is 0 Å². The number of hydrogen-bond acceptors (Lipinski definition) is 2. The molecule has 1 aromatic carbocycles. The van der Waals surface area contributed by atoms with Crippen molar-refractivity contribution >= 4 is 27.3 Å². The van der Waals surface area contributed by atoms with Gasteiger partial charge >= 0.3 is 0 Å². The molecule has 2 unspecified atom stereocenters. The largest absolute Gasteiger partial charge is 0.327 e. The smallest absolute Gasteiger partial charge is 0.0285 e. The van der Waals surface area contributed by atoms with Crippen LogP contribution in [0.15, 0.2) is 40.2 Å². The molecule has 1 aromatic heterocycles.